The van der Waals surface area contributed by atoms with Crippen molar-refractivity contribution in [3.05, 3.63) is 35.9 Å². The summed E-state index contributed by atoms with van der Waals surface area (Å²) in [7, 11) is 1.21. The molecule has 1 N–H and O–H groups in total. The summed E-state index contributed by atoms with van der Waals surface area (Å²) in [6.07, 6.45) is -0.0781. The van der Waals surface area contributed by atoms with E-state index in [0.717, 1.165) is 0 Å². The van der Waals surface area contributed by atoms with Gasteiger partial charge >= 0.3 is 5.97 Å². The second-order valence-corrected chi connectivity index (χ2v) is 3.82. The van der Waals surface area contributed by atoms with Crippen LogP contribution in [0.5, 0.6) is 0 Å². The number of hydrogen-bond acceptors (Lipinski definition) is 4. The summed E-state index contributed by atoms with van der Waals surface area (Å²) in [4.78, 5) is 34.3. The first-order valence-electron chi connectivity index (χ1n) is 5.47. The van der Waals surface area contributed by atoms with Crippen LogP contribution >= 0.6 is 0 Å². The van der Waals surface area contributed by atoms with Crippen molar-refractivity contribution in [2.24, 2.45) is 0 Å². The highest BCUT2D eigenvalue weighted by Gasteiger charge is 2.23. The monoisotopic (exact) mass is 249 g/mol. The van der Waals surface area contributed by atoms with E-state index in [4.69, 9.17) is 0 Å². The number of rotatable bonds is 5. The largest absolute Gasteiger partial charge is 0.467 e. The topological polar surface area (TPSA) is 72.5 Å². The maximum absolute atomic E-state index is 11.8. The summed E-state index contributed by atoms with van der Waals surface area (Å²) in [5.74, 6) is -1.24. The summed E-state index contributed by atoms with van der Waals surface area (Å²) < 4.78 is 4.54. The van der Waals surface area contributed by atoms with Gasteiger partial charge in [-0.15, -0.1) is 0 Å². The first kappa shape index (κ1) is 13.9. The molecule has 0 fully saturated rings. The smallest absolute Gasteiger partial charge is 0.328 e. The molecule has 18 heavy (non-hydrogen) atoms. The number of methoxy groups -OCH3 is 1. The Balaban J connectivity index is 2.74. The van der Waals surface area contributed by atoms with Crippen LogP contribution in [0.2, 0.25) is 0 Å². The van der Waals surface area contributed by atoms with Crippen LogP contribution in [-0.4, -0.2) is 30.8 Å². The minimum Gasteiger partial charge on any atom is -0.467 e. The molecule has 1 aromatic rings. The molecule has 0 unspecified atom stereocenters. The predicted molar refractivity (Wildman–Crippen MR) is 65.0 cm³/mol. The Labute approximate surface area is 105 Å². The highest BCUT2D eigenvalue weighted by Crippen LogP contribution is 2.02. The number of nitrogens with one attached hydrogen (secondary N) is 1. The Morgan fingerprint density at radius 3 is 2.33 bits per heavy atom. The second-order valence-electron chi connectivity index (χ2n) is 3.82. The minimum absolute atomic E-state index is 0.0781. The Bertz CT molecular complexity index is 442. The van der Waals surface area contributed by atoms with Crippen LogP contribution in [0, 0.1) is 0 Å². The van der Waals surface area contributed by atoms with Gasteiger partial charge in [-0.3, -0.25) is 9.59 Å². The van der Waals surface area contributed by atoms with E-state index >= 15 is 0 Å². The van der Waals surface area contributed by atoms with Gasteiger partial charge < -0.3 is 10.1 Å². The summed E-state index contributed by atoms with van der Waals surface area (Å²) in [6.45, 7) is 1.35. The molecule has 0 saturated heterocycles. The third-order valence-corrected chi connectivity index (χ3v) is 2.32. The van der Waals surface area contributed by atoms with Gasteiger partial charge in [0.2, 0.25) is 0 Å². The average Bonchev–Trinajstić information content (AvgIpc) is 2.37. The number of benzene rings is 1. The van der Waals surface area contributed by atoms with Gasteiger partial charge in [-0.25, -0.2) is 4.79 Å². The van der Waals surface area contributed by atoms with Gasteiger partial charge in [0.1, 0.15) is 11.8 Å². The van der Waals surface area contributed by atoms with Crippen molar-refractivity contribution in [1.29, 1.82) is 0 Å². The van der Waals surface area contributed by atoms with E-state index < -0.39 is 17.9 Å². The number of amides is 1. The molecule has 5 nitrogen and oxygen atoms in total. The van der Waals surface area contributed by atoms with Crippen LogP contribution in [0.25, 0.3) is 0 Å². The fourth-order valence-corrected chi connectivity index (χ4v) is 1.45. The van der Waals surface area contributed by atoms with Crippen molar-refractivity contribution in [3.63, 3.8) is 0 Å². The van der Waals surface area contributed by atoms with E-state index in [-0.39, 0.29) is 12.2 Å². The van der Waals surface area contributed by atoms with Gasteiger partial charge in [0.05, 0.1) is 7.11 Å². The first-order chi connectivity index (χ1) is 8.54. The van der Waals surface area contributed by atoms with Crippen LogP contribution in [0.4, 0.5) is 0 Å². The summed E-state index contributed by atoms with van der Waals surface area (Å²) in [5.41, 5.74) is 0.426. The number of Topliss-reactive ketones (excluding diaryl/α,β-unsaturated/α-hetero) is 1. The molecular formula is C13H15NO4. The zero-order chi connectivity index (χ0) is 13.5. The van der Waals surface area contributed by atoms with Crippen LogP contribution in [0.3, 0.4) is 0 Å². The SMILES string of the molecule is COC(=O)[C@H](CC(C)=O)NC(=O)c1ccccc1. The Kier molecular flexibility index (Phi) is 5.05. The maximum Gasteiger partial charge on any atom is 0.328 e. The van der Waals surface area contributed by atoms with Crippen molar-refractivity contribution < 1.29 is 19.1 Å². The molecule has 1 atom stereocenters. The quantitative estimate of drug-likeness (QED) is 0.788. The fourth-order valence-electron chi connectivity index (χ4n) is 1.45. The molecule has 1 rings (SSSR count). The molecular weight excluding hydrogens is 234 g/mol. The van der Waals surface area contributed by atoms with Crippen LogP contribution in [-0.2, 0) is 14.3 Å². The minimum atomic E-state index is -0.944. The zero-order valence-electron chi connectivity index (χ0n) is 10.3. The lowest BCUT2D eigenvalue weighted by molar-refractivity contribution is -0.144. The standard InChI is InChI=1S/C13H15NO4/c1-9(15)8-11(13(17)18-2)14-12(16)10-6-4-3-5-7-10/h3-7,11H,8H2,1-2H3,(H,14,16)/t11-/m0/s1. The van der Waals surface area contributed by atoms with E-state index in [9.17, 15) is 14.4 Å². The van der Waals surface area contributed by atoms with E-state index in [1.165, 1.54) is 14.0 Å². The molecule has 0 aliphatic rings. The van der Waals surface area contributed by atoms with Crippen LogP contribution in [0.1, 0.15) is 23.7 Å². The number of carbonyl (C=O) groups is 3. The molecule has 0 bridgehead atoms. The number of hydrogen-bond donors (Lipinski definition) is 1. The molecule has 1 aromatic carbocycles. The lowest BCUT2D eigenvalue weighted by Crippen LogP contribution is -2.42. The van der Waals surface area contributed by atoms with Crippen LogP contribution in [0.15, 0.2) is 30.3 Å². The number of ether oxygens (including phenoxy) is 1. The highest BCUT2D eigenvalue weighted by molar-refractivity contribution is 5.97. The molecule has 5 heteroatoms. The molecule has 0 saturated carbocycles. The maximum atomic E-state index is 11.8. The number of ketones is 1. The molecule has 0 spiro atoms. The summed E-state index contributed by atoms with van der Waals surface area (Å²) in [6, 6.07) is 7.51. The van der Waals surface area contributed by atoms with E-state index in [1.54, 1.807) is 30.3 Å². The van der Waals surface area contributed by atoms with E-state index in [2.05, 4.69) is 10.1 Å². The molecule has 0 aliphatic carbocycles. The highest BCUT2D eigenvalue weighted by atomic mass is 16.5. The van der Waals surface area contributed by atoms with Crippen molar-refractivity contribution in [2.75, 3.05) is 7.11 Å². The number of carbonyl (C=O) groups excluding carboxylic acids is 3. The average molecular weight is 249 g/mol. The zero-order valence-corrected chi connectivity index (χ0v) is 10.3. The Hall–Kier alpha value is -2.17. The molecule has 96 valence electrons. The molecule has 0 radical (unpaired) electrons. The van der Waals surface area contributed by atoms with Gasteiger partial charge in [0, 0.05) is 12.0 Å². The molecule has 0 aromatic heterocycles. The van der Waals surface area contributed by atoms with Gasteiger partial charge in [-0.1, -0.05) is 18.2 Å². The van der Waals surface area contributed by atoms with Gasteiger partial charge in [-0.05, 0) is 19.1 Å². The molecule has 0 aliphatic heterocycles. The Morgan fingerprint density at radius 2 is 1.83 bits per heavy atom. The third kappa shape index (κ3) is 4.01. The van der Waals surface area contributed by atoms with E-state index in [0.29, 0.717) is 5.56 Å². The van der Waals surface area contributed by atoms with Gasteiger partial charge in [0.25, 0.3) is 5.91 Å². The van der Waals surface area contributed by atoms with Crippen molar-refractivity contribution in [3.8, 4) is 0 Å². The lowest BCUT2D eigenvalue weighted by Gasteiger charge is -2.15. The molecule has 1 amide bonds. The normalized spacial score (nSPS) is 11.4. The van der Waals surface area contributed by atoms with E-state index in [1.807, 2.05) is 0 Å². The fraction of sp³-hybridized carbons (Fsp3) is 0.308. The Morgan fingerprint density at radius 1 is 1.22 bits per heavy atom. The first-order valence-corrected chi connectivity index (χ1v) is 5.47. The number of esters is 1. The summed E-state index contributed by atoms with van der Waals surface area (Å²) >= 11 is 0. The molecule has 0 heterocycles. The third-order valence-electron chi connectivity index (χ3n) is 2.32. The second kappa shape index (κ2) is 6.54. The van der Waals surface area contributed by atoms with Gasteiger partial charge in [0.15, 0.2) is 0 Å². The lowest BCUT2D eigenvalue weighted by atomic mass is 10.1. The van der Waals surface area contributed by atoms with Crippen LogP contribution < -0.4 is 5.32 Å². The predicted octanol–water partition coefficient (Wildman–Crippen LogP) is 0.937. The van der Waals surface area contributed by atoms with Crippen molar-refractivity contribution in [1.82, 2.24) is 5.32 Å². The van der Waals surface area contributed by atoms with Crippen molar-refractivity contribution in [2.45, 2.75) is 19.4 Å². The summed E-state index contributed by atoms with van der Waals surface area (Å²) in [5, 5.41) is 2.48. The van der Waals surface area contributed by atoms with Gasteiger partial charge in [-0.2, -0.15) is 0 Å². The van der Waals surface area contributed by atoms with Crippen molar-refractivity contribution >= 4 is 17.7 Å².